The van der Waals surface area contributed by atoms with Gasteiger partial charge in [0.05, 0.1) is 0 Å². The number of carbonyl (C=O) groups is 1. The van der Waals surface area contributed by atoms with Crippen LogP contribution in [0.1, 0.15) is 19.3 Å². The zero-order chi connectivity index (χ0) is 9.71. The molecule has 78 valence electrons. The maximum absolute atomic E-state index is 11.9. The van der Waals surface area contributed by atoms with E-state index in [1.807, 2.05) is 0 Å². The molecule has 1 unspecified atom stereocenters. The van der Waals surface area contributed by atoms with Crippen molar-refractivity contribution in [1.82, 2.24) is 9.80 Å². The molecule has 2 atom stereocenters. The third-order valence-electron chi connectivity index (χ3n) is 4.06. The minimum atomic E-state index is 0.402. The van der Waals surface area contributed by atoms with E-state index in [4.69, 9.17) is 0 Å². The van der Waals surface area contributed by atoms with Gasteiger partial charge < -0.3 is 9.80 Å². The van der Waals surface area contributed by atoms with E-state index in [9.17, 15) is 4.79 Å². The van der Waals surface area contributed by atoms with Crippen molar-refractivity contribution in [2.75, 3.05) is 26.7 Å². The zero-order valence-corrected chi connectivity index (χ0v) is 8.78. The van der Waals surface area contributed by atoms with E-state index in [2.05, 4.69) is 16.8 Å². The highest BCUT2D eigenvalue weighted by molar-refractivity contribution is 5.81. The fourth-order valence-corrected chi connectivity index (χ4v) is 2.94. The van der Waals surface area contributed by atoms with Gasteiger partial charge in [0.2, 0.25) is 5.91 Å². The largest absolute Gasteiger partial charge is 0.341 e. The summed E-state index contributed by atoms with van der Waals surface area (Å²) in [4.78, 5) is 16.4. The van der Waals surface area contributed by atoms with Crippen molar-refractivity contribution in [2.24, 2.45) is 11.8 Å². The quantitative estimate of drug-likeness (QED) is 0.609. The summed E-state index contributed by atoms with van der Waals surface area (Å²) in [6.45, 7) is 3.25. The standard InChI is InChI=1S/C11H18N2O/c1-12-5-4-9-6-13(7-10(9)12)11(14)8-2-3-8/h8-10H,2-7H2,1H3/t9-,10?/m1/s1. The van der Waals surface area contributed by atoms with Crippen molar-refractivity contribution in [3.05, 3.63) is 0 Å². The lowest BCUT2D eigenvalue weighted by Gasteiger charge is -2.20. The lowest BCUT2D eigenvalue weighted by molar-refractivity contribution is -0.131. The van der Waals surface area contributed by atoms with Crippen LogP contribution in [0.4, 0.5) is 0 Å². The van der Waals surface area contributed by atoms with Crippen molar-refractivity contribution in [3.8, 4) is 0 Å². The molecule has 3 nitrogen and oxygen atoms in total. The van der Waals surface area contributed by atoms with Crippen LogP contribution in [0, 0.1) is 11.8 Å². The summed E-state index contributed by atoms with van der Waals surface area (Å²) < 4.78 is 0. The molecule has 3 rings (SSSR count). The topological polar surface area (TPSA) is 23.6 Å². The molecule has 0 radical (unpaired) electrons. The summed E-state index contributed by atoms with van der Waals surface area (Å²) in [7, 11) is 2.19. The zero-order valence-electron chi connectivity index (χ0n) is 8.78. The van der Waals surface area contributed by atoms with Gasteiger partial charge in [-0.15, -0.1) is 0 Å². The van der Waals surface area contributed by atoms with Gasteiger partial charge in [-0.3, -0.25) is 4.79 Å². The molecule has 0 N–H and O–H groups in total. The van der Waals surface area contributed by atoms with Crippen molar-refractivity contribution in [1.29, 1.82) is 0 Å². The van der Waals surface area contributed by atoms with Gasteiger partial charge >= 0.3 is 0 Å². The maximum Gasteiger partial charge on any atom is 0.225 e. The molecular formula is C11H18N2O. The average Bonchev–Trinajstić information content (AvgIpc) is 2.84. The minimum absolute atomic E-state index is 0.402. The molecule has 2 heterocycles. The Morgan fingerprint density at radius 1 is 1.21 bits per heavy atom. The third kappa shape index (κ3) is 1.26. The number of hydrogen-bond acceptors (Lipinski definition) is 2. The fraction of sp³-hybridized carbons (Fsp3) is 0.909. The third-order valence-corrected chi connectivity index (χ3v) is 4.06. The number of carbonyl (C=O) groups excluding carboxylic acids is 1. The minimum Gasteiger partial charge on any atom is -0.341 e. The number of amides is 1. The second kappa shape index (κ2) is 2.96. The van der Waals surface area contributed by atoms with Gasteiger partial charge in [0.1, 0.15) is 0 Å². The van der Waals surface area contributed by atoms with Gasteiger partial charge in [-0.1, -0.05) is 0 Å². The average molecular weight is 194 g/mol. The van der Waals surface area contributed by atoms with E-state index in [-0.39, 0.29) is 0 Å². The molecule has 0 bridgehead atoms. The van der Waals surface area contributed by atoms with Gasteiger partial charge in [0.15, 0.2) is 0 Å². The van der Waals surface area contributed by atoms with Crippen molar-refractivity contribution >= 4 is 5.91 Å². The lowest BCUT2D eigenvalue weighted by Crippen LogP contribution is -2.35. The van der Waals surface area contributed by atoms with Crippen LogP contribution in [0.25, 0.3) is 0 Å². The van der Waals surface area contributed by atoms with Crippen LogP contribution >= 0.6 is 0 Å². The second-order valence-corrected chi connectivity index (χ2v) is 5.11. The Morgan fingerprint density at radius 3 is 2.64 bits per heavy atom. The predicted octanol–water partition coefficient (Wildman–Crippen LogP) is 0.559. The molecule has 1 aliphatic carbocycles. The summed E-state index contributed by atoms with van der Waals surface area (Å²) in [6, 6.07) is 0.665. The van der Waals surface area contributed by atoms with E-state index < -0.39 is 0 Å². The number of hydrogen-bond donors (Lipinski definition) is 0. The Labute approximate surface area is 85.1 Å². The Hall–Kier alpha value is -0.570. The second-order valence-electron chi connectivity index (χ2n) is 5.11. The Kier molecular flexibility index (Phi) is 1.84. The van der Waals surface area contributed by atoms with Gasteiger partial charge in [0, 0.05) is 25.0 Å². The molecule has 0 aromatic carbocycles. The van der Waals surface area contributed by atoms with Gasteiger partial charge in [-0.2, -0.15) is 0 Å². The first kappa shape index (κ1) is 8.72. The molecule has 0 aromatic heterocycles. The van der Waals surface area contributed by atoms with Crippen molar-refractivity contribution in [2.45, 2.75) is 25.3 Å². The Balaban J connectivity index is 1.66. The maximum atomic E-state index is 11.9. The molecule has 2 aliphatic heterocycles. The normalized spacial score (nSPS) is 37.6. The summed E-state index contributed by atoms with van der Waals surface area (Å²) in [5, 5.41) is 0. The van der Waals surface area contributed by atoms with Crippen LogP contribution in [-0.2, 0) is 4.79 Å². The highest BCUT2D eigenvalue weighted by Gasteiger charge is 2.44. The summed E-state index contributed by atoms with van der Waals surface area (Å²) in [5.74, 6) is 1.61. The molecule has 3 fully saturated rings. The van der Waals surface area contributed by atoms with Crippen molar-refractivity contribution < 1.29 is 4.79 Å². The van der Waals surface area contributed by atoms with Crippen LogP contribution in [0.3, 0.4) is 0 Å². The van der Waals surface area contributed by atoms with Gasteiger partial charge in [-0.05, 0) is 38.8 Å². The van der Waals surface area contributed by atoms with Gasteiger partial charge in [-0.25, -0.2) is 0 Å². The summed E-state index contributed by atoms with van der Waals surface area (Å²) >= 11 is 0. The van der Waals surface area contributed by atoms with Crippen LogP contribution in [-0.4, -0.2) is 48.4 Å². The van der Waals surface area contributed by atoms with Crippen LogP contribution in [0.15, 0.2) is 0 Å². The van der Waals surface area contributed by atoms with E-state index in [1.165, 1.54) is 13.0 Å². The number of rotatable bonds is 1. The molecule has 14 heavy (non-hydrogen) atoms. The number of likely N-dealkylation sites (N-methyl/N-ethyl adjacent to an activating group) is 1. The molecule has 3 heteroatoms. The number of fused-ring (bicyclic) bond motifs is 1. The monoisotopic (exact) mass is 194 g/mol. The number of nitrogens with zero attached hydrogens (tertiary/aromatic N) is 2. The molecule has 0 spiro atoms. The molecular weight excluding hydrogens is 176 g/mol. The van der Waals surface area contributed by atoms with Crippen LogP contribution < -0.4 is 0 Å². The van der Waals surface area contributed by atoms with E-state index in [1.54, 1.807) is 0 Å². The highest BCUT2D eigenvalue weighted by atomic mass is 16.2. The van der Waals surface area contributed by atoms with Crippen LogP contribution in [0.5, 0.6) is 0 Å². The Morgan fingerprint density at radius 2 is 2.00 bits per heavy atom. The van der Waals surface area contributed by atoms with E-state index in [0.717, 1.165) is 31.8 Å². The van der Waals surface area contributed by atoms with Crippen LogP contribution in [0.2, 0.25) is 0 Å². The SMILES string of the molecule is CN1CC[C@@H]2CN(C(=O)C3CC3)CC21. The van der Waals surface area contributed by atoms with Gasteiger partial charge in [0.25, 0.3) is 0 Å². The molecule has 0 aromatic rings. The molecule has 2 saturated heterocycles. The molecule has 1 saturated carbocycles. The first-order valence-corrected chi connectivity index (χ1v) is 5.75. The highest BCUT2D eigenvalue weighted by Crippen LogP contribution is 2.36. The summed E-state index contributed by atoms with van der Waals surface area (Å²) in [6.07, 6.45) is 3.57. The first-order valence-electron chi connectivity index (χ1n) is 5.75. The van der Waals surface area contributed by atoms with Crippen molar-refractivity contribution in [3.63, 3.8) is 0 Å². The molecule has 1 amide bonds. The number of likely N-dealkylation sites (tertiary alicyclic amines) is 2. The predicted molar refractivity (Wildman–Crippen MR) is 53.8 cm³/mol. The van der Waals surface area contributed by atoms with E-state index >= 15 is 0 Å². The fourth-order valence-electron chi connectivity index (χ4n) is 2.94. The van der Waals surface area contributed by atoms with E-state index in [0.29, 0.717) is 17.9 Å². The summed E-state index contributed by atoms with van der Waals surface area (Å²) in [5.41, 5.74) is 0. The smallest absolute Gasteiger partial charge is 0.225 e. The first-order chi connectivity index (χ1) is 6.75. The Bertz CT molecular complexity index is 262. The lowest BCUT2D eigenvalue weighted by atomic mass is 10.1. The molecule has 3 aliphatic rings.